The number of nitrogens with one attached hydrogen (secondary N) is 1. The Morgan fingerprint density at radius 1 is 0.842 bits per heavy atom. The lowest BCUT2D eigenvalue weighted by molar-refractivity contribution is 0.507. The van der Waals surface area contributed by atoms with Crippen molar-refractivity contribution in [1.29, 1.82) is 0 Å². The standard InChI is InChI=1S/C18H23N/c1-13-10-11-17(12-14(13)2)18(19-4)15(3)16-8-6-5-7-9-16/h5-12,15,18-19H,1-4H3. The molecule has 0 saturated heterocycles. The Morgan fingerprint density at radius 2 is 1.53 bits per heavy atom. The maximum Gasteiger partial charge on any atom is 0.0384 e. The van der Waals surface area contributed by atoms with Crippen molar-refractivity contribution in [2.45, 2.75) is 32.7 Å². The van der Waals surface area contributed by atoms with Gasteiger partial charge in [0, 0.05) is 12.0 Å². The van der Waals surface area contributed by atoms with E-state index in [1.54, 1.807) is 0 Å². The first kappa shape index (κ1) is 13.8. The summed E-state index contributed by atoms with van der Waals surface area (Å²) in [6.07, 6.45) is 0. The Kier molecular flexibility index (Phi) is 4.39. The van der Waals surface area contributed by atoms with Gasteiger partial charge in [0.2, 0.25) is 0 Å². The molecule has 0 amide bonds. The van der Waals surface area contributed by atoms with Crippen LogP contribution in [0.4, 0.5) is 0 Å². The molecule has 0 spiro atoms. The third-order valence-corrected chi connectivity index (χ3v) is 4.03. The quantitative estimate of drug-likeness (QED) is 0.853. The highest BCUT2D eigenvalue weighted by Gasteiger charge is 2.19. The van der Waals surface area contributed by atoms with Crippen molar-refractivity contribution in [3.8, 4) is 0 Å². The second-order valence-electron chi connectivity index (χ2n) is 5.31. The molecule has 2 aromatic carbocycles. The maximum atomic E-state index is 3.46. The molecule has 0 aliphatic heterocycles. The van der Waals surface area contributed by atoms with Crippen LogP contribution in [0, 0.1) is 13.8 Å². The molecule has 19 heavy (non-hydrogen) atoms. The van der Waals surface area contributed by atoms with E-state index in [4.69, 9.17) is 0 Å². The van der Waals surface area contributed by atoms with E-state index in [0.717, 1.165) is 0 Å². The van der Waals surface area contributed by atoms with E-state index in [9.17, 15) is 0 Å². The van der Waals surface area contributed by atoms with Gasteiger partial charge in [-0.3, -0.25) is 0 Å². The van der Waals surface area contributed by atoms with E-state index in [1.807, 2.05) is 7.05 Å². The van der Waals surface area contributed by atoms with Gasteiger partial charge < -0.3 is 5.32 Å². The Bertz CT molecular complexity index is 531. The summed E-state index contributed by atoms with van der Waals surface area (Å²) in [7, 11) is 2.04. The van der Waals surface area contributed by atoms with E-state index < -0.39 is 0 Å². The highest BCUT2D eigenvalue weighted by atomic mass is 14.9. The number of benzene rings is 2. The third kappa shape index (κ3) is 3.05. The van der Waals surface area contributed by atoms with Crippen molar-refractivity contribution < 1.29 is 0 Å². The molecule has 1 heteroatoms. The van der Waals surface area contributed by atoms with Gasteiger partial charge in [-0.05, 0) is 43.1 Å². The largest absolute Gasteiger partial charge is 0.312 e. The van der Waals surface area contributed by atoms with Gasteiger partial charge in [0.25, 0.3) is 0 Å². The van der Waals surface area contributed by atoms with Gasteiger partial charge in [-0.25, -0.2) is 0 Å². The molecule has 1 N–H and O–H groups in total. The predicted molar refractivity (Wildman–Crippen MR) is 82.6 cm³/mol. The number of hydrogen-bond acceptors (Lipinski definition) is 1. The Balaban J connectivity index is 2.31. The predicted octanol–water partition coefficient (Wildman–Crippen LogP) is 4.37. The van der Waals surface area contributed by atoms with Crippen LogP contribution >= 0.6 is 0 Å². The average molecular weight is 253 g/mol. The molecule has 0 bridgehead atoms. The second kappa shape index (κ2) is 6.03. The number of rotatable bonds is 4. The molecule has 2 rings (SSSR count). The lowest BCUT2D eigenvalue weighted by Crippen LogP contribution is -2.22. The Hall–Kier alpha value is -1.60. The molecule has 100 valence electrons. The fourth-order valence-corrected chi connectivity index (χ4v) is 2.61. The van der Waals surface area contributed by atoms with Crippen LogP contribution in [0.1, 0.15) is 41.1 Å². The van der Waals surface area contributed by atoms with Crippen LogP contribution in [-0.2, 0) is 0 Å². The molecule has 2 atom stereocenters. The maximum absolute atomic E-state index is 3.46. The number of hydrogen-bond donors (Lipinski definition) is 1. The van der Waals surface area contributed by atoms with Crippen molar-refractivity contribution in [2.75, 3.05) is 7.05 Å². The molecule has 0 radical (unpaired) electrons. The molecule has 2 unspecified atom stereocenters. The van der Waals surface area contributed by atoms with Crippen molar-refractivity contribution in [3.63, 3.8) is 0 Å². The van der Waals surface area contributed by atoms with Gasteiger partial charge in [0.1, 0.15) is 0 Å². The van der Waals surface area contributed by atoms with Gasteiger partial charge >= 0.3 is 0 Å². The zero-order chi connectivity index (χ0) is 13.8. The monoisotopic (exact) mass is 253 g/mol. The summed E-state index contributed by atoms with van der Waals surface area (Å²) in [5, 5.41) is 3.46. The van der Waals surface area contributed by atoms with E-state index in [0.29, 0.717) is 12.0 Å². The third-order valence-electron chi connectivity index (χ3n) is 4.03. The smallest absolute Gasteiger partial charge is 0.0384 e. The van der Waals surface area contributed by atoms with Gasteiger partial charge in [-0.1, -0.05) is 55.5 Å². The van der Waals surface area contributed by atoms with E-state index >= 15 is 0 Å². The summed E-state index contributed by atoms with van der Waals surface area (Å²) >= 11 is 0. The topological polar surface area (TPSA) is 12.0 Å². The molecule has 0 heterocycles. The van der Waals surface area contributed by atoms with Crippen molar-refractivity contribution >= 4 is 0 Å². The summed E-state index contributed by atoms with van der Waals surface area (Å²) in [6, 6.07) is 17.8. The van der Waals surface area contributed by atoms with Gasteiger partial charge in [-0.15, -0.1) is 0 Å². The molecule has 2 aromatic rings. The summed E-state index contributed by atoms with van der Waals surface area (Å²) in [5.74, 6) is 0.452. The van der Waals surface area contributed by atoms with Crippen LogP contribution in [0.2, 0.25) is 0 Å². The van der Waals surface area contributed by atoms with Crippen LogP contribution in [-0.4, -0.2) is 7.05 Å². The SMILES string of the molecule is CNC(c1ccc(C)c(C)c1)C(C)c1ccccc1. The Morgan fingerprint density at radius 3 is 2.11 bits per heavy atom. The lowest BCUT2D eigenvalue weighted by Gasteiger charge is -2.25. The minimum absolute atomic E-state index is 0.349. The molecule has 0 saturated carbocycles. The van der Waals surface area contributed by atoms with Crippen molar-refractivity contribution in [1.82, 2.24) is 5.32 Å². The lowest BCUT2D eigenvalue weighted by atomic mass is 9.87. The number of aryl methyl sites for hydroxylation is 2. The molecule has 0 aliphatic carbocycles. The fraction of sp³-hybridized carbons (Fsp3) is 0.333. The first-order chi connectivity index (χ1) is 9.13. The van der Waals surface area contributed by atoms with Crippen LogP contribution in [0.5, 0.6) is 0 Å². The zero-order valence-corrected chi connectivity index (χ0v) is 12.3. The van der Waals surface area contributed by atoms with Crippen molar-refractivity contribution in [2.24, 2.45) is 0 Å². The normalized spacial score (nSPS) is 14.1. The van der Waals surface area contributed by atoms with Crippen LogP contribution in [0.25, 0.3) is 0 Å². The molecular formula is C18H23N. The van der Waals surface area contributed by atoms with Gasteiger partial charge in [0.15, 0.2) is 0 Å². The number of likely N-dealkylation sites (N-methyl/N-ethyl adjacent to an activating group) is 1. The van der Waals surface area contributed by atoms with E-state index in [1.165, 1.54) is 22.3 Å². The van der Waals surface area contributed by atoms with Crippen LogP contribution in [0.15, 0.2) is 48.5 Å². The summed E-state index contributed by atoms with van der Waals surface area (Å²) in [4.78, 5) is 0. The summed E-state index contributed by atoms with van der Waals surface area (Å²) in [6.45, 7) is 6.62. The minimum Gasteiger partial charge on any atom is -0.312 e. The summed E-state index contributed by atoms with van der Waals surface area (Å²) in [5.41, 5.74) is 5.45. The van der Waals surface area contributed by atoms with Gasteiger partial charge in [-0.2, -0.15) is 0 Å². The second-order valence-corrected chi connectivity index (χ2v) is 5.31. The zero-order valence-electron chi connectivity index (χ0n) is 12.3. The highest BCUT2D eigenvalue weighted by Crippen LogP contribution is 2.31. The molecule has 0 aliphatic rings. The average Bonchev–Trinajstić information content (AvgIpc) is 2.44. The Labute approximate surface area is 116 Å². The van der Waals surface area contributed by atoms with Crippen molar-refractivity contribution in [3.05, 3.63) is 70.8 Å². The first-order valence-electron chi connectivity index (χ1n) is 6.93. The highest BCUT2D eigenvalue weighted by molar-refractivity contribution is 5.34. The van der Waals surface area contributed by atoms with Crippen LogP contribution < -0.4 is 5.32 Å². The molecule has 0 fully saturated rings. The first-order valence-corrected chi connectivity index (χ1v) is 6.93. The van der Waals surface area contributed by atoms with Gasteiger partial charge in [0.05, 0.1) is 0 Å². The molecule has 1 nitrogen and oxygen atoms in total. The van der Waals surface area contributed by atoms with Crippen LogP contribution in [0.3, 0.4) is 0 Å². The minimum atomic E-state index is 0.349. The summed E-state index contributed by atoms with van der Waals surface area (Å²) < 4.78 is 0. The van der Waals surface area contributed by atoms with E-state index in [-0.39, 0.29) is 0 Å². The molecular weight excluding hydrogens is 230 g/mol. The molecule has 0 aromatic heterocycles. The fourth-order valence-electron chi connectivity index (χ4n) is 2.61. The van der Waals surface area contributed by atoms with E-state index in [2.05, 4.69) is 74.6 Å².